The highest BCUT2D eigenvalue weighted by atomic mass is 15.3. The van der Waals surface area contributed by atoms with Crippen molar-refractivity contribution in [3.8, 4) is 0 Å². The van der Waals surface area contributed by atoms with E-state index in [2.05, 4.69) is 21.8 Å². The highest BCUT2D eigenvalue weighted by molar-refractivity contribution is 5.68. The third-order valence-corrected chi connectivity index (χ3v) is 2.27. The molecule has 0 fully saturated rings. The molecule has 0 unspecified atom stereocenters. The number of nitrogens with one attached hydrogen (secondary N) is 2. The Bertz CT molecular complexity index is 387. The number of nitrogens with zero attached hydrogens (tertiary/aromatic N) is 2. The second-order valence-electron chi connectivity index (χ2n) is 3.22. The van der Waals surface area contributed by atoms with E-state index in [-0.39, 0.29) is 0 Å². The molecule has 0 radical (unpaired) electrons. The van der Waals surface area contributed by atoms with Gasteiger partial charge in [-0.05, 0) is 17.8 Å². The average molecular weight is 190 g/mol. The number of aromatic nitrogens is 2. The highest BCUT2D eigenvalue weighted by Gasteiger charge is 2.08. The molecule has 1 aliphatic rings. The van der Waals surface area contributed by atoms with E-state index in [4.69, 9.17) is 0 Å². The predicted molar refractivity (Wildman–Crippen MR) is 57.9 cm³/mol. The Morgan fingerprint density at radius 2 is 2.43 bits per heavy atom. The van der Waals surface area contributed by atoms with Gasteiger partial charge >= 0.3 is 0 Å². The van der Waals surface area contributed by atoms with Crippen LogP contribution in [0.3, 0.4) is 0 Å². The van der Waals surface area contributed by atoms with E-state index in [1.807, 2.05) is 37.1 Å². The van der Waals surface area contributed by atoms with Gasteiger partial charge in [0, 0.05) is 26.7 Å². The zero-order valence-electron chi connectivity index (χ0n) is 8.41. The number of dihydropyridines is 1. The van der Waals surface area contributed by atoms with Gasteiger partial charge in [0.15, 0.2) is 0 Å². The summed E-state index contributed by atoms with van der Waals surface area (Å²) in [6.45, 7) is 0.844. The normalized spacial score (nSPS) is 14.9. The molecule has 1 aromatic heterocycles. The van der Waals surface area contributed by atoms with Crippen molar-refractivity contribution < 1.29 is 0 Å². The van der Waals surface area contributed by atoms with Crippen LogP contribution in [0.25, 0.3) is 5.57 Å². The smallest absolute Gasteiger partial charge is 0.124 e. The molecule has 2 heterocycles. The number of allylic oxidation sites excluding steroid dienone is 2. The van der Waals surface area contributed by atoms with Crippen molar-refractivity contribution in [1.29, 1.82) is 0 Å². The molecule has 0 saturated heterocycles. The van der Waals surface area contributed by atoms with Gasteiger partial charge in [0.25, 0.3) is 0 Å². The summed E-state index contributed by atoms with van der Waals surface area (Å²) in [6, 6.07) is 2.05. The van der Waals surface area contributed by atoms with Crippen molar-refractivity contribution in [2.75, 3.05) is 18.9 Å². The van der Waals surface area contributed by atoms with Crippen molar-refractivity contribution in [3.05, 3.63) is 30.1 Å². The quantitative estimate of drug-likeness (QED) is 0.730. The highest BCUT2D eigenvalue weighted by Crippen LogP contribution is 2.17. The summed E-state index contributed by atoms with van der Waals surface area (Å²) in [7, 11) is 3.83. The minimum absolute atomic E-state index is 0.844. The molecule has 2 rings (SSSR count). The Labute approximate surface area is 83.3 Å². The van der Waals surface area contributed by atoms with E-state index in [0.717, 1.165) is 18.1 Å². The Morgan fingerprint density at radius 3 is 3.00 bits per heavy atom. The van der Waals surface area contributed by atoms with E-state index < -0.39 is 0 Å². The molecule has 0 amide bonds. The molecule has 14 heavy (non-hydrogen) atoms. The fraction of sp³-hybridized carbons (Fsp3) is 0.300. The Morgan fingerprint density at radius 1 is 1.57 bits per heavy atom. The van der Waals surface area contributed by atoms with Crippen molar-refractivity contribution >= 4 is 11.4 Å². The molecule has 4 heteroatoms. The zero-order chi connectivity index (χ0) is 9.97. The molecular weight excluding hydrogens is 176 g/mol. The fourth-order valence-corrected chi connectivity index (χ4v) is 1.49. The van der Waals surface area contributed by atoms with Crippen molar-refractivity contribution in [1.82, 2.24) is 15.1 Å². The van der Waals surface area contributed by atoms with Crippen molar-refractivity contribution in [3.63, 3.8) is 0 Å². The van der Waals surface area contributed by atoms with Gasteiger partial charge < -0.3 is 10.6 Å². The molecule has 74 valence electrons. The maximum absolute atomic E-state index is 4.42. The van der Waals surface area contributed by atoms with Gasteiger partial charge in [-0.1, -0.05) is 6.08 Å². The Hall–Kier alpha value is -1.71. The lowest BCUT2D eigenvalue weighted by atomic mass is 10.1. The predicted octanol–water partition coefficient (Wildman–Crippen LogP) is 0.962. The summed E-state index contributed by atoms with van der Waals surface area (Å²) in [6.07, 6.45) is 6.01. The van der Waals surface area contributed by atoms with Crippen LogP contribution in [0.5, 0.6) is 0 Å². The minimum Gasteiger partial charge on any atom is -0.387 e. The first-order valence-corrected chi connectivity index (χ1v) is 4.62. The monoisotopic (exact) mass is 190 g/mol. The van der Waals surface area contributed by atoms with Crippen LogP contribution >= 0.6 is 0 Å². The molecule has 1 aliphatic heterocycles. The summed E-state index contributed by atoms with van der Waals surface area (Å²) >= 11 is 0. The molecule has 0 aromatic carbocycles. The standard InChI is InChI=1S/C10H14N4/c1-11-10-6-9(13-14(10)2)8-4-3-5-12-7-8/h3-6,11-12H,7H2,1-2H3. The molecule has 0 bridgehead atoms. The number of aryl methyl sites for hydroxylation is 1. The van der Waals surface area contributed by atoms with Crippen LogP contribution in [0.4, 0.5) is 5.82 Å². The van der Waals surface area contributed by atoms with Gasteiger partial charge in [0.05, 0.1) is 5.69 Å². The molecule has 0 aliphatic carbocycles. The van der Waals surface area contributed by atoms with Crippen LogP contribution < -0.4 is 10.6 Å². The molecular formula is C10H14N4. The van der Waals surface area contributed by atoms with E-state index in [1.165, 1.54) is 5.57 Å². The third-order valence-electron chi connectivity index (χ3n) is 2.27. The minimum atomic E-state index is 0.844. The van der Waals surface area contributed by atoms with Gasteiger partial charge in [-0.3, -0.25) is 4.68 Å². The lowest BCUT2D eigenvalue weighted by Gasteiger charge is -2.07. The summed E-state index contributed by atoms with van der Waals surface area (Å²) in [5, 5.41) is 10.7. The number of rotatable bonds is 2. The Kier molecular flexibility index (Phi) is 2.26. The maximum Gasteiger partial charge on any atom is 0.124 e. The van der Waals surface area contributed by atoms with E-state index in [0.29, 0.717) is 0 Å². The number of hydrogen-bond acceptors (Lipinski definition) is 3. The lowest BCUT2D eigenvalue weighted by Crippen LogP contribution is -2.12. The molecule has 2 N–H and O–H groups in total. The largest absolute Gasteiger partial charge is 0.387 e. The van der Waals surface area contributed by atoms with Gasteiger partial charge in [0.1, 0.15) is 5.82 Å². The van der Waals surface area contributed by atoms with Crippen molar-refractivity contribution in [2.24, 2.45) is 7.05 Å². The zero-order valence-corrected chi connectivity index (χ0v) is 8.41. The van der Waals surface area contributed by atoms with Crippen LogP contribution in [0.1, 0.15) is 5.69 Å². The van der Waals surface area contributed by atoms with Crippen LogP contribution in [0.15, 0.2) is 24.4 Å². The first-order valence-electron chi connectivity index (χ1n) is 4.62. The van der Waals surface area contributed by atoms with Crippen LogP contribution in [0.2, 0.25) is 0 Å². The van der Waals surface area contributed by atoms with Gasteiger partial charge in [0.2, 0.25) is 0 Å². The SMILES string of the molecule is CNc1cc(C2=CC=CNC2)nn1C. The summed E-state index contributed by atoms with van der Waals surface area (Å²) in [5.74, 6) is 1.02. The lowest BCUT2D eigenvalue weighted by molar-refractivity contribution is 0.768. The van der Waals surface area contributed by atoms with E-state index >= 15 is 0 Å². The molecule has 1 aromatic rings. The molecule has 0 spiro atoms. The maximum atomic E-state index is 4.42. The second kappa shape index (κ2) is 3.57. The average Bonchev–Trinajstić information content (AvgIpc) is 2.61. The van der Waals surface area contributed by atoms with E-state index in [1.54, 1.807) is 0 Å². The summed E-state index contributed by atoms with van der Waals surface area (Å²) < 4.78 is 1.84. The molecule has 0 saturated carbocycles. The van der Waals surface area contributed by atoms with Crippen LogP contribution in [0, 0.1) is 0 Å². The second-order valence-corrected chi connectivity index (χ2v) is 3.22. The summed E-state index contributed by atoms with van der Waals surface area (Å²) in [4.78, 5) is 0. The molecule has 4 nitrogen and oxygen atoms in total. The topological polar surface area (TPSA) is 41.9 Å². The Balaban J connectivity index is 2.32. The fourth-order valence-electron chi connectivity index (χ4n) is 1.49. The van der Waals surface area contributed by atoms with Crippen LogP contribution in [-0.4, -0.2) is 23.4 Å². The molecule has 0 atom stereocenters. The van der Waals surface area contributed by atoms with Gasteiger partial charge in [-0.2, -0.15) is 5.10 Å². The summed E-state index contributed by atoms with van der Waals surface area (Å²) in [5.41, 5.74) is 2.23. The van der Waals surface area contributed by atoms with E-state index in [9.17, 15) is 0 Å². The third kappa shape index (κ3) is 1.51. The first-order chi connectivity index (χ1) is 6.81. The van der Waals surface area contributed by atoms with Gasteiger partial charge in [-0.25, -0.2) is 0 Å². The van der Waals surface area contributed by atoms with Crippen molar-refractivity contribution in [2.45, 2.75) is 0 Å². The first kappa shape index (κ1) is 8.87. The number of hydrogen-bond donors (Lipinski definition) is 2. The van der Waals surface area contributed by atoms with Crippen LogP contribution in [-0.2, 0) is 7.05 Å². The van der Waals surface area contributed by atoms with Gasteiger partial charge in [-0.15, -0.1) is 0 Å². The number of anilines is 1.